The summed E-state index contributed by atoms with van der Waals surface area (Å²) in [6.45, 7) is 4.25. The molecule has 0 heterocycles. The topological polar surface area (TPSA) is 26.3 Å². The van der Waals surface area contributed by atoms with Crippen LogP contribution in [0, 0.1) is 5.92 Å². The minimum atomic E-state index is -0.00144. The number of carbonyl (C=O) groups excluding carboxylic acids is 1. The largest absolute Gasteiger partial charge is 0.462 e. The smallest absolute Gasteiger partial charge is 0.306 e. The second-order valence-electron chi connectivity index (χ2n) is 3.79. The van der Waals surface area contributed by atoms with E-state index in [0.29, 0.717) is 12.3 Å². The lowest BCUT2D eigenvalue weighted by molar-refractivity contribution is -0.145. The lowest BCUT2D eigenvalue weighted by Gasteiger charge is -2.08. The van der Waals surface area contributed by atoms with Crippen LogP contribution in [0.15, 0.2) is 0 Å². The number of hydrogen-bond acceptors (Lipinski definition) is 2. The van der Waals surface area contributed by atoms with Gasteiger partial charge in [-0.1, -0.05) is 26.7 Å². The number of rotatable bonds is 5. The Morgan fingerprint density at radius 1 is 1.58 bits per heavy atom. The Morgan fingerprint density at radius 3 is 2.75 bits per heavy atom. The van der Waals surface area contributed by atoms with E-state index >= 15 is 0 Å². The molecule has 1 aliphatic rings. The van der Waals surface area contributed by atoms with E-state index in [4.69, 9.17) is 4.74 Å². The first-order chi connectivity index (χ1) is 5.72. The van der Waals surface area contributed by atoms with E-state index in [0.717, 1.165) is 25.7 Å². The third-order valence-electron chi connectivity index (χ3n) is 2.12. The molecule has 70 valence electrons. The maximum Gasteiger partial charge on any atom is 0.306 e. The van der Waals surface area contributed by atoms with Gasteiger partial charge in [0.15, 0.2) is 0 Å². The fourth-order valence-electron chi connectivity index (χ4n) is 1.30. The van der Waals surface area contributed by atoms with Crippen LogP contribution in [0.25, 0.3) is 0 Å². The van der Waals surface area contributed by atoms with Crippen LogP contribution in [0.3, 0.4) is 0 Å². The van der Waals surface area contributed by atoms with Gasteiger partial charge in [0.2, 0.25) is 0 Å². The molecule has 0 aromatic heterocycles. The van der Waals surface area contributed by atoms with E-state index in [2.05, 4.69) is 13.8 Å². The standard InChI is InChI=1S/C10H18O2/c1-3-4-8(2)7-10(11)12-9-5-6-9/h8-9H,3-7H2,1-2H3. The molecule has 0 saturated heterocycles. The van der Waals surface area contributed by atoms with Gasteiger partial charge in [0.1, 0.15) is 6.10 Å². The summed E-state index contributed by atoms with van der Waals surface area (Å²) in [4.78, 5) is 11.2. The van der Waals surface area contributed by atoms with Gasteiger partial charge in [0.25, 0.3) is 0 Å². The van der Waals surface area contributed by atoms with Crippen molar-refractivity contribution in [2.45, 2.75) is 52.1 Å². The van der Waals surface area contributed by atoms with Crippen LogP contribution in [0.5, 0.6) is 0 Å². The maximum atomic E-state index is 11.2. The second-order valence-corrected chi connectivity index (χ2v) is 3.79. The Balaban J connectivity index is 2.06. The Labute approximate surface area is 74.3 Å². The zero-order valence-corrected chi connectivity index (χ0v) is 8.01. The molecular weight excluding hydrogens is 152 g/mol. The average Bonchev–Trinajstić information content (AvgIpc) is 2.71. The molecule has 1 fully saturated rings. The molecule has 0 aromatic carbocycles. The average molecular weight is 170 g/mol. The Morgan fingerprint density at radius 2 is 2.25 bits per heavy atom. The van der Waals surface area contributed by atoms with E-state index in [1.807, 2.05) is 0 Å². The van der Waals surface area contributed by atoms with E-state index in [9.17, 15) is 4.79 Å². The first kappa shape index (κ1) is 9.56. The van der Waals surface area contributed by atoms with Crippen LogP contribution < -0.4 is 0 Å². The fraction of sp³-hybridized carbons (Fsp3) is 0.900. The molecule has 1 aliphatic carbocycles. The Hall–Kier alpha value is -0.530. The van der Waals surface area contributed by atoms with Crippen molar-refractivity contribution in [1.29, 1.82) is 0 Å². The van der Waals surface area contributed by atoms with Crippen molar-refractivity contribution < 1.29 is 9.53 Å². The van der Waals surface area contributed by atoms with E-state index in [1.165, 1.54) is 0 Å². The number of esters is 1. The van der Waals surface area contributed by atoms with Crippen molar-refractivity contribution in [3.63, 3.8) is 0 Å². The highest BCUT2D eigenvalue weighted by Crippen LogP contribution is 2.24. The third kappa shape index (κ3) is 3.74. The molecule has 0 amide bonds. The molecule has 2 heteroatoms. The highest BCUT2D eigenvalue weighted by Gasteiger charge is 2.26. The first-order valence-electron chi connectivity index (χ1n) is 4.91. The molecule has 0 aliphatic heterocycles. The van der Waals surface area contributed by atoms with Gasteiger partial charge in [-0.05, 0) is 18.8 Å². The minimum Gasteiger partial charge on any atom is -0.462 e. The predicted octanol–water partition coefficient (Wildman–Crippen LogP) is 2.52. The van der Waals surface area contributed by atoms with Gasteiger partial charge in [0.05, 0.1) is 0 Å². The molecule has 0 spiro atoms. The summed E-state index contributed by atoms with van der Waals surface area (Å²) in [6.07, 6.45) is 5.30. The minimum absolute atomic E-state index is 0.00144. The quantitative estimate of drug-likeness (QED) is 0.593. The van der Waals surface area contributed by atoms with Gasteiger partial charge in [-0.15, -0.1) is 0 Å². The van der Waals surface area contributed by atoms with Crippen molar-refractivity contribution in [3.8, 4) is 0 Å². The van der Waals surface area contributed by atoms with E-state index in [-0.39, 0.29) is 12.1 Å². The summed E-state index contributed by atoms with van der Waals surface area (Å²) in [5.74, 6) is 0.486. The van der Waals surface area contributed by atoms with Crippen molar-refractivity contribution in [2.75, 3.05) is 0 Å². The van der Waals surface area contributed by atoms with Crippen molar-refractivity contribution in [2.24, 2.45) is 5.92 Å². The van der Waals surface area contributed by atoms with E-state index < -0.39 is 0 Å². The summed E-state index contributed by atoms with van der Waals surface area (Å²) in [6, 6.07) is 0. The predicted molar refractivity (Wildman–Crippen MR) is 47.8 cm³/mol. The molecule has 12 heavy (non-hydrogen) atoms. The number of ether oxygens (including phenoxy) is 1. The zero-order chi connectivity index (χ0) is 8.97. The first-order valence-corrected chi connectivity index (χ1v) is 4.91. The van der Waals surface area contributed by atoms with E-state index in [1.54, 1.807) is 0 Å². The summed E-state index contributed by atoms with van der Waals surface area (Å²) < 4.78 is 5.14. The monoisotopic (exact) mass is 170 g/mol. The Bertz CT molecular complexity index is 150. The molecule has 1 unspecified atom stereocenters. The Kier molecular flexibility index (Phi) is 3.57. The maximum absolute atomic E-state index is 11.2. The molecule has 0 radical (unpaired) electrons. The highest BCUT2D eigenvalue weighted by atomic mass is 16.5. The van der Waals surface area contributed by atoms with Crippen LogP contribution in [0.4, 0.5) is 0 Å². The van der Waals surface area contributed by atoms with Gasteiger partial charge in [0, 0.05) is 6.42 Å². The zero-order valence-electron chi connectivity index (χ0n) is 8.01. The summed E-state index contributed by atoms with van der Waals surface area (Å²) in [5.41, 5.74) is 0. The molecule has 1 saturated carbocycles. The highest BCUT2D eigenvalue weighted by molar-refractivity contribution is 5.70. The van der Waals surface area contributed by atoms with Crippen LogP contribution in [0.1, 0.15) is 46.0 Å². The summed E-state index contributed by atoms with van der Waals surface area (Å²) in [5, 5.41) is 0. The van der Waals surface area contributed by atoms with Gasteiger partial charge >= 0.3 is 5.97 Å². The third-order valence-corrected chi connectivity index (χ3v) is 2.12. The summed E-state index contributed by atoms with van der Waals surface area (Å²) >= 11 is 0. The molecule has 2 nitrogen and oxygen atoms in total. The summed E-state index contributed by atoms with van der Waals surface area (Å²) in [7, 11) is 0. The molecular formula is C10H18O2. The van der Waals surface area contributed by atoms with Gasteiger partial charge in [-0.2, -0.15) is 0 Å². The van der Waals surface area contributed by atoms with Crippen molar-refractivity contribution in [3.05, 3.63) is 0 Å². The number of carbonyl (C=O) groups is 1. The van der Waals surface area contributed by atoms with Crippen LogP contribution >= 0.6 is 0 Å². The van der Waals surface area contributed by atoms with Crippen molar-refractivity contribution >= 4 is 5.97 Å². The van der Waals surface area contributed by atoms with Gasteiger partial charge < -0.3 is 4.74 Å². The van der Waals surface area contributed by atoms with Crippen LogP contribution in [-0.2, 0) is 9.53 Å². The SMILES string of the molecule is CCCC(C)CC(=O)OC1CC1. The molecule has 0 bridgehead atoms. The molecule has 1 atom stereocenters. The van der Waals surface area contributed by atoms with Crippen LogP contribution in [-0.4, -0.2) is 12.1 Å². The van der Waals surface area contributed by atoms with Crippen molar-refractivity contribution in [1.82, 2.24) is 0 Å². The lowest BCUT2D eigenvalue weighted by atomic mass is 10.0. The second kappa shape index (κ2) is 4.48. The normalized spacial score (nSPS) is 18.8. The molecule has 0 aromatic rings. The fourth-order valence-corrected chi connectivity index (χ4v) is 1.30. The molecule has 1 rings (SSSR count). The van der Waals surface area contributed by atoms with Gasteiger partial charge in [-0.25, -0.2) is 0 Å². The lowest BCUT2D eigenvalue weighted by Crippen LogP contribution is -2.10. The number of hydrogen-bond donors (Lipinski definition) is 0. The van der Waals surface area contributed by atoms with Crippen LogP contribution in [0.2, 0.25) is 0 Å². The molecule has 0 N–H and O–H groups in total. The van der Waals surface area contributed by atoms with Gasteiger partial charge in [-0.3, -0.25) is 4.79 Å².